The van der Waals surface area contributed by atoms with Crippen LogP contribution in [-0.4, -0.2) is 0 Å². The van der Waals surface area contributed by atoms with Crippen LogP contribution in [0.3, 0.4) is 0 Å². The third-order valence-corrected chi connectivity index (χ3v) is 5.76. The topological polar surface area (TPSA) is 0 Å². The molecule has 1 heteroatoms. The molecule has 0 bridgehead atoms. The maximum absolute atomic E-state index is 6.91. The average molecular weight is 307 g/mol. The van der Waals surface area contributed by atoms with E-state index in [4.69, 9.17) is 11.6 Å². The molecule has 1 aliphatic carbocycles. The summed E-state index contributed by atoms with van der Waals surface area (Å²) >= 11 is 6.91. The van der Waals surface area contributed by atoms with Crippen LogP contribution in [0.1, 0.15) is 94.2 Å². The Morgan fingerprint density at radius 3 is 2.05 bits per heavy atom. The van der Waals surface area contributed by atoms with Crippen molar-refractivity contribution in [2.24, 2.45) is 11.8 Å². The molecule has 21 heavy (non-hydrogen) atoms. The fourth-order valence-corrected chi connectivity index (χ4v) is 3.99. The number of halogens is 1. The van der Waals surface area contributed by atoms with Gasteiger partial charge in [-0.25, -0.2) is 0 Å². The van der Waals surface area contributed by atoms with E-state index in [9.17, 15) is 0 Å². The Morgan fingerprint density at radius 1 is 0.905 bits per heavy atom. The number of hydrogen-bond acceptors (Lipinski definition) is 0. The maximum atomic E-state index is 6.91. The van der Waals surface area contributed by atoms with E-state index in [1.165, 1.54) is 42.4 Å². The van der Waals surface area contributed by atoms with Gasteiger partial charge in [0.25, 0.3) is 0 Å². The first-order valence-electron chi connectivity index (χ1n) is 8.68. The molecule has 0 N–H and O–H groups in total. The zero-order valence-corrected chi connectivity index (χ0v) is 15.1. The van der Waals surface area contributed by atoms with Crippen molar-refractivity contribution in [3.05, 3.63) is 34.9 Å². The van der Waals surface area contributed by atoms with Gasteiger partial charge in [0.2, 0.25) is 0 Å². The summed E-state index contributed by atoms with van der Waals surface area (Å²) in [5, 5.41) is 0.191. The summed E-state index contributed by atoms with van der Waals surface area (Å²) in [5.41, 5.74) is 4.28. The molecule has 0 saturated heterocycles. The average Bonchev–Trinajstić information content (AvgIpc) is 2.46. The quantitative estimate of drug-likeness (QED) is 0.523. The molecular weight excluding hydrogens is 276 g/mol. The molecule has 0 aliphatic heterocycles. The standard InChI is InChI=1S/C20H31Cl/c1-13(2)17-10-11-18(19(12-17)14(3)4)20(21)16-8-6-15(5)7-9-16/h10-16,20H,6-9H2,1-5H3. The van der Waals surface area contributed by atoms with E-state index >= 15 is 0 Å². The molecule has 1 atom stereocenters. The van der Waals surface area contributed by atoms with Gasteiger partial charge in [0.05, 0.1) is 5.38 Å². The Balaban J connectivity index is 2.25. The van der Waals surface area contributed by atoms with E-state index in [1.807, 2.05) is 0 Å². The van der Waals surface area contributed by atoms with Crippen LogP contribution in [-0.2, 0) is 0 Å². The second-order valence-electron chi connectivity index (χ2n) is 7.62. The number of benzene rings is 1. The van der Waals surface area contributed by atoms with E-state index < -0.39 is 0 Å². The first-order valence-corrected chi connectivity index (χ1v) is 9.11. The van der Waals surface area contributed by atoms with Crippen LogP contribution >= 0.6 is 11.6 Å². The fourth-order valence-electron chi connectivity index (χ4n) is 3.54. The molecule has 0 nitrogen and oxygen atoms in total. The summed E-state index contributed by atoms with van der Waals surface area (Å²) in [6, 6.07) is 6.98. The van der Waals surface area contributed by atoms with Crippen LogP contribution in [0.2, 0.25) is 0 Å². The Hall–Kier alpha value is -0.490. The Labute approximate surface area is 136 Å². The minimum absolute atomic E-state index is 0.191. The van der Waals surface area contributed by atoms with Gasteiger partial charge in [0.15, 0.2) is 0 Å². The molecule has 0 amide bonds. The molecule has 1 aromatic carbocycles. The van der Waals surface area contributed by atoms with Gasteiger partial charge in [-0.2, -0.15) is 0 Å². The van der Waals surface area contributed by atoms with Gasteiger partial charge in [-0.1, -0.05) is 65.7 Å². The second-order valence-corrected chi connectivity index (χ2v) is 8.09. The molecule has 1 aromatic rings. The van der Waals surface area contributed by atoms with Crippen LogP contribution in [0.25, 0.3) is 0 Å². The van der Waals surface area contributed by atoms with Crippen LogP contribution in [0.15, 0.2) is 18.2 Å². The lowest BCUT2D eigenvalue weighted by molar-refractivity contribution is 0.283. The highest BCUT2D eigenvalue weighted by atomic mass is 35.5. The third kappa shape index (κ3) is 4.03. The van der Waals surface area contributed by atoms with Crippen molar-refractivity contribution in [1.82, 2.24) is 0 Å². The van der Waals surface area contributed by atoms with E-state index in [2.05, 4.69) is 52.8 Å². The van der Waals surface area contributed by atoms with E-state index in [1.54, 1.807) is 0 Å². The molecule has 1 saturated carbocycles. The van der Waals surface area contributed by atoms with Crippen molar-refractivity contribution in [1.29, 1.82) is 0 Å². The second kappa shape index (κ2) is 7.18. The Kier molecular flexibility index (Phi) is 5.77. The molecule has 2 rings (SSSR count). The van der Waals surface area contributed by atoms with Crippen LogP contribution < -0.4 is 0 Å². The van der Waals surface area contributed by atoms with Crippen molar-refractivity contribution in [3.8, 4) is 0 Å². The third-order valence-electron chi connectivity index (χ3n) is 5.17. The first-order chi connectivity index (χ1) is 9.90. The molecule has 1 aliphatic rings. The predicted molar refractivity (Wildman–Crippen MR) is 94.3 cm³/mol. The molecule has 0 aromatic heterocycles. The van der Waals surface area contributed by atoms with Gasteiger partial charge in [-0.15, -0.1) is 11.6 Å². The summed E-state index contributed by atoms with van der Waals surface area (Å²) in [6.07, 6.45) is 5.27. The van der Waals surface area contributed by atoms with Crippen molar-refractivity contribution in [2.75, 3.05) is 0 Å². The van der Waals surface area contributed by atoms with Crippen LogP contribution in [0, 0.1) is 11.8 Å². The molecule has 0 radical (unpaired) electrons. The highest BCUT2D eigenvalue weighted by molar-refractivity contribution is 6.21. The number of hydrogen-bond donors (Lipinski definition) is 0. The summed E-state index contributed by atoms with van der Waals surface area (Å²) in [7, 11) is 0. The van der Waals surface area contributed by atoms with Crippen molar-refractivity contribution >= 4 is 11.6 Å². The summed E-state index contributed by atoms with van der Waals surface area (Å²) in [5.74, 6) is 2.67. The van der Waals surface area contributed by atoms with Crippen LogP contribution in [0.5, 0.6) is 0 Å². The number of rotatable bonds is 4. The fraction of sp³-hybridized carbons (Fsp3) is 0.700. The van der Waals surface area contributed by atoms with Crippen molar-refractivity contribution in [3.63, 3.8) is 0 Å². The summed E-state index contributed by atoms with van der Waals surface area (Å²) in [4.78, 5) is 0. The van der Waals surface area contributed by atoms with Gasteiger partial charge < -0.3 is 0 Å². The van der Waals surface area contributed by atoms with E-state index in [-0.39, 0.29) is 5.38 Å². The van der Waals surface area contributed by atoms with Gasteiger partial charge in [-0.05, 0) is 53.2 Å². The van der Waals surface area contributed by atoms with E-state index in [0.717, 1.165) is 5.92 Å². The highest BCUT2D eigenvalue weighted by Crippen LogP contribution is 2.43. The summed E-state index contributed by atoms with van der Waals surface area (Å²) in [6.45, 7) is 11.5. The molecule has 0 heterocycles. The minimum atomic E-state index is 0.191. The van der Waals surface area contributed by atoms with Gasteiger partial charge in [0.1, 0.15) is 0 Å². The molecule has 1 unspecified atom stereocenters. The monoisotopic (exact) mass is 306 g/mol. The maximum Gasteiger partial charge on any atom is 0.0616 e. The smallest absolute Gasteiger partial charge is 0.0616 e. The van der Waals surface area contributed by atoms with Gasteiger partial charge >= 0.3 is 0 Å². The first kappa shape index (κ1) is 16.9. The van der Waals surface area contributed by atoms with Gasteiger partial charge in [0, 0.05) is 0 Å². The lowest BCUT2D eigenvalue weighted by Gasteiger charge is -2.31. The lowest BCUT2D eigenvalue weighted by Crippen LogP contribution is -2.17. The van der Waals surface area contributed by atoms with Crippen LogP contribution in [0.4, 0.5) is 0 Å². The summed E-state index contributed by atoms with van der Waals surface area (Å²) < 4.78 is 0. The van der Waals surface area contributed by atoms with Crippen molar-refractivity contribution in [2.45, 2.75) is 77.5 Å². The molecular formula is C20H31Cl. The zero-order chi connectivity index (χ0) is 15.6. The lowest BCUT2D eigenvalue weighted by atomic mass is 9.78. The zero-order valence-electron chi connectivity index (χ0n) is 14.3. The normalized spacial score (nSPS) is 24.6. The number of alkyl halides is 1. The van der Waals surface area contributed by atoms with E-state index in [0.29, 0.717) is 17.8 Å². The molecule has 0 spiro atoms. The predicted octanol–water partition coefficient (Wildman–Crippen LogP) is 7.04. The molecule has 118 valence electrons. The van der Waals surface area contributed by atoms with Gasteiger partial charge in [-0.3, -0.25) is 0 Å². The highest BCUT2D eigenvalue weighted by Gasteiger charge is 2.27. The van der Waals surface area contributed by atoms with Crippen molar-refractivity contribution < 1.29 is 0 Å². The Bertz CT molecular complexity index is 453. The minimum Gasteiger partial charge on any atom is -0.118 e. The Morgan fingerprint density at radius 2 is 1.52 bits per heavy atom. The SMILES string of the molecule is CC1CCC(C(Cl)c2ccc(C(C)C)cc2C(C)C)CC1. The molecule has 1 fully saturated rings. The largest absolute Gasteiger partial charge is 0.118 e.